The lowest BCUT2D eigenvalue weighted by Gasteiger charge is -1.98. The predicted octanol–water partition coefficient (Wildman–Crippen LogP) is 2.56. The number of hydrogen-bond donors (Lipinski definition) is 0. The van der Waals surface area contributed by atoms with Crippen molar-refractivity contribution < 1.29 is 14.0 Å². The monoisotopic (exact) mass is 226 g/mol. The molecule has 0 saturated carbocycles. The van der Waals surface area contributed by atoms with E-state index in [-0.39, 0.29) is 18.0 Å². The van der Waals surface area contributed by atoms with Gasteiger partial charge in [0.2, 0.25) is 0 Å². The van der Waals surface area contributed by atoms with Gasteiger partial charge in [0.05, 0.1) is 6.26 Å². The molecule has 0 aliphatic heterocycles. The van der Waals surface area contributed by atoms with Gasteiger partial charge in [0.25, 0.3) is 0 Å². The van der Waals surface area contributed by atoms with Crippen molar-refractivity contribution in [1.29, 1.82) is 0 Å². The molecule has 15 heavy (non-hydrogen) atoms. The molecule has 0 aliphatic carbocycles. The number of hydrogen-bond acceptors (Lipinski definition) is 4. The smallest absolute Gasteiger partial charge is 0.198 e. The van der Waals surface area contributed by atoms with Gasteiger partial charge in [-0.3, -0.25) is 9.59 Å². The van der Waals surface area contributed by atoms with Gasteiger partial charge in [0.1, 0.15) is 5.78 Å². The lowest BCUT2D eigenvalue weighted by molar-refractivity contribution is -0.118. The molecule has 1 aromatic rings. The minimum atomic E-state index is -0.0995. The molecule has 0 amide bonds. The van der Waals surface area contributed by atoms with Crippen LogP contribution in [0.1, 0.15) is 29.8 Å². The van der Waals surface area contributed by atoms with Gasteiger partial charge >= 0.3 is 0 Å². The molecule has 1 rings (SSSR count). The van der Waals surface area contributed by atoms with Gasteiger partial charge in [-0.1, -0.05) is 0 Å². The standard InChI is InChI=1S/C11H14O3S/c1-15-8-6-9(12)4-5-10(13)11-3-2-7-14-11/h2-3,7H,4-6,8H2,1H3. The molecule has 0 unspecified atom stereocenters. The van der Waals surface area contributed by atoms with Gasteiger partial charge in [-0.25, -0.2) is 0 Å². The average Bonchev–Trinajstić information content (AvgIpc) is 2.76. The van der Waals surface area contributed by atoms with Crippen LogP contribution in [0.3, 0.4) is 0 Å². The second-order valence-electron chi connectivity index (χ2n) is 3.18. The van der Waals surface area contributed by atoms with Gasteiger partial charge < -0.3 is 4.42 Å². The molecule has 0 N–H and O–H groups in total. The maximum atomic E-state index is 11.4. The molecular formula is C11H14O3S. The highest BCUT2D eigenvalue weighted by atomic mass is 32.2. The van der Waals surface area contributed by atoms with Crippen LogP contribution in [0.25, 0.3) is 0 Å². The first kappa shape index (κ1) is 12.0. The normalized spacial score (nSPS) is 10.2. The summed E-state index contributed by atoms with van der Waals surface area (Å²) in [5.41, 5.74) is 0. The Morgan fingerprint density at radius 1 is 1.33 bits per heavy atom. The first-order valence-corrected chi connectivity index (χ1v) is 6.20. The molecule has 0 spiro atoms. The molecule has 0 aromatic carbocycles. The predicted molar refractivity (Wildman–Crippen MR) is 60.3 cm³/mol. The Balaban J connectivity index is 2.25. The molecule has 0 fully saturated rings. The number of carbonyl (C=O) groups is 2. The quantitative estimate of drug-likeness (QED) is 0.670. The minimum absolute atomic E-state index is 0.0995. The lowest BCUT2D eigenvalue weighted by atomic mass is 10.1. The van der Waals surface area contributed by atoms with E-state index in [0.29, 0.717) is 18.6 Å². The van der Waals surface area contributed by atoms with Crippen molar-refractivity contribution in [3.63, 3.8) is 0 Å². The highest BCUT2D eigenvalue weighted by Gasteiger charge is 2.10. The number of ketones is 2. The van der Waals surface area contributed by atoms with Gasteiger partial charge in [0, 0.05) is 19.3 Å². The van der Waals surface area contributed by atoms with Crippen molar-refractivity contribution in [3.05, 3.63) is 24.2 Å². The number of rotatable bonds is 7. The van der Waals surface area contributed by atoms with E-state index in [1.54, 1.807) is 23.9 Å². The van der Waals surface area contributed by atoms with Crippen LogP contribution in [0.5, 0.6) is 0 Å². The Kier molecular flexibility index (Phi) is 5.18. The molecule has 1 heterocycles. The fourth-order valence-corrected chi connectivity index (χ4v) is 1.59. The molecule has 0 radical (unpaired) electrons. The van der Waals surface area contributed by atoms with E-state index in [4.69, 9.17) is 4.42 Å². The highest BCUT2D eigenvalue weighted by molar-refractivity contribution is 7.98. The summed E-state index contributed by atoms with van der Waals surface area (Å²) in [6, 6.07) is 3.29. The van der Waals surface area contributed by atoms with Crippen LogP contribution in [0.15, 0.2) is 22.8 Å². The van der Waals surface area contributed by atoms with Crippen LogP contribution in [0.2, 0.25) is 0 Å². The van der Waals surface area contributed by atoms with Crippen LogP contribution in [0.4, 0.5) is 0 Å². The second-order valence-corrected chi connectivity index (χ2v) is 4.17. The number of furan rings is 1. The Morgan fingerprint density at radius 2 is 2.13 bits per heavy atom. The molecule has 82 valence electrons. The molecule has 0 aliphatic rings. The molecule has 1 aromatic heterocycles. The number of Topliss-reactive ketones (excluding diaryl/α,β-unsaturated/α-hetero) is 2. The van der Waals surface area contributed by atoms with Crippen LogP contribution in [-0.2, 0) is 4.79 Å². The summed E-state index contributed by atoms with van der Waals surface area (Å²) in [5, 5.41) is 0. The van der Waals surface area contributed by atoms with E-state index in [1.165, 1.54) is 6.26 Å². The third-order valence-corrected chi connectivity index (χ3v) is 2.62. The van der Waals surface area contributed by atoms with Gasteiger partial charge in [-0.2, -0.15) is 11.8 Å². The Hall–Kier alpha value is -1.03. The lowest BCUT2D eigenvalue weighted by Crippen LogP contribution is -2.04. The Bertz CT molecular complexity index is 317. The Morgan fingerprint density at radius 3 is 2.73 bits per heavy atom. The van der Waals surface area contributed by atoms with Gasteiger partial charge in [-0.15, -0.1) is 0 Å². The van der Waals surface area contributed by atoms with Crippen molar-refractivity contribution in [2.24, 2.45) is 0 Å². The second kappa shape index (κ2) is 6.45. The summed E-state index contributed by atoms with van der Waals surface area (Å²) in [6.45, 7) is 0. The molecule has 0 atom stereocenters. The Labute approximate surface area is 93.2 Å². The first-order chi connectivity index (χ1) is 7.24. The summed E-state index contributed by atoms with van der Waals surface area (Å²) in [6.07, 6.45) is 4.54. The van der Waals surface area contributed by atoms with Crippen molar-refractivity contribution in [1.82, 2.24) is 0 Å². The largest absolute Gasteiger partial charge is 0.461 e. The molecule has 0 bridgehead atoms. The fourth-order valence-electron chi connectivity index (χ4n) is 1.15. The van der Waals surface area contributed by atoms with Gasteiger partial charge in [0.15, 0.2) is 11.5 Å². The van der Waals surface area contributed by atoms with E-state index in [9.17, 15) is 9.59 Å². The van der Waals surface area contributed by atoms with Crippen molar-refractivity contribution in [3.8, 4) is 0 Å². The third-order valence-electron chi connectivity index (χ3n) is 2.01. The van der Waals surface area contributed by atoms with E-state index >= 15 is 0 Å². The molecule has 0 saturated heterocycles. The third kappa shape index (κ3) is 4.34. The van der Waals surface area contributed by atoms with E-state index in [1.807, 2.05) is 6.26 Å². The van der Waals surface area contributed by atoms with E-state index < -0.39 is 0 Å². The maximum absolute atomic E-state index is 11.4. The summed E-state index contributed by atoms with van der Waals surface area (Å²) >= 11 is 1.64. The van der Waals surface area contributed by atoms with Crippen LogP contribution in [0, 0.1) is 0 Å². The van der Waals surface area contributed by atoms with Crippen molar-refractivity contribution >= 4 is 23.3 Å². The molecular weight excluding hydrogens is 212 g/mol. The van der Waals surface area contributed by atoms with Crippen molar-refractivity contribution in [2.75, 3.05) is 12.0 Å². The zero-order valence-electron chi connectivity index (χ0n) is 8.69. The van der Waals surface area contributed by atoms with E-state index in [2.05, 4.69) is 0 Å². The number of thioether (sulfide) groups is 1. The van der Waals surface area contributed by atoms with Crippen LogP contribution < -0.4 is 0 Å². The SMILES string of the molecule is CSCCC(=O)CCC(=O)c1ccco1. The first-order valence-electron chi connectivity index (χ1n) is 4.81. The minimum Gasteiger partial charge on any atom is -0.461 e. The highest BCUT2D eigenvalue weighted by Crippen LogP contribution is 2.08. The summed E-state index contributed by atoms with van der Waals surface area (Å²) in [4.78, 5) is 22.7. The van der Waals surface area contributed by atoms with Crippen LogP contribution in [-0.4, -0.2) is 23.6 Å². The zero-order chi connectivity index (χ0) is 11.1. The molecule has 4 heteroatoms. The van der Waals surface area contributed by atoms with Crippen molar-refractivity contribution in [2.45, 2.75) is 19.3 Å². The topological polar surface area (TPSA) is 47.3 Å². The zero-order valence-corrected chi connectivity index (χ0v) is 9.51. The summed E-state index contributed by atoms with van der Waals surface area (Å²) < 4.78 is 4.94. The summed E-state index contributed by atoms with van der Waals surface area (Å²) in [7, 11) is 0. The number of carbonyl (C=O) groups excluding carboxylic acids is 2. The summed E-state index contributed by atoms with van der Waals surface area (Å²) in [5.74, 6) is 1.21. The van der Waals surface area contributed by atoms with E-state index in [0.717, 1.165) is 5.75 Å². The van der Waals surface area contributed by atoms with Gasteiger partial charge in [-0.05, 0) is 24.1 Å². The fraction of sp³-hybridized carbons (Fsp3) is 0.455. The molecule has 3 nitrogen and oxygen atoms in total. The maximum Gasteiger partial charge on any atom is 0.198 e. The van der Waals surface area contributed by atoms with Crippen LogP contribution >= 0.6 is 11.8 Å². The average molecular weight is 226 g/mol.